The summed E-state index contributed by atoms with van der Waals surface area (Å²) < 4.78 is 50.7. The molecule has 2 aliphatic heterocycles. The summed E-state index contributed by atoms with van der Waals surface area (Å²) >= 11 is 0. The van der Waals surface area contributed by atoms with E-state index in [2.05, 4.69) is 15.4 Å². The third-order valence-corrected chi connectivity index (χ3v) is 6.51. The number of hydrogen-bond acceptors (Lipinski definition) is 7. The highest BCUT2D eigenvalue weighted by molar-refractivity contribution is 5.96. The zero-order chi connectivity index (χ0) is 25.5. The van der Waals surface area contributed by atoms with Crippen LogP contribution in [0, 0.1) is 17.6 Å². The Labute approximate surface area is 209 Å². The molecule has 1 fully saturated rings. The van der Waals surface area contributed by atoms with Gasteiger partial charge in [0.1, 0.15) is 23.8 Å². The second kappa shape index (κ2) is 9.41. The first-order chi connectivity index (χ1) is 18.0. The average Bonchev–Trinajstić information content (AvgIpc) is 3.67. The van der Waals surface area contributed by atoms with Crippen molar-refractivity contribution in [2.75, 3.05) is 40.1 Å². The van der Waals surface area contributed by atoms with E-state index < -0.39 is 17.5 Å². The van der Waals surface area contributed by atoms with E-state index in [-0.39, 0.29) is 29.6 Å². The molecule has 2 aromatic carbocycles. The Morgan fingerprint density at radius 3 is 2.89 bits per heavy atom. The van der Waals surface area contributed by atoms with E-state index in [1.54, 1.807) is 18.3 Å². The third kappa shape index (κ3) is 4.25. The fourth-order valence-electron chi connectivity index (χ4n) is 4.57. The molecule has 0 saturated carbocycles. The number of nitrogens with one attached hydrogen (secondary N) is 1. The van der Waals surface area contributed by atoms with Crippen LogP contribution >= 0.6 is 0 Å². The summed E-state index contributed by atoms with van der Waals surface area (Å²) in [7, 11) is 1.53. The molecule has 0 radical (unpaired) electrons. The molecule has 1 unspecified atom stereocenters. The predicted molar refractivity (Wildman–Crippen MR) is 128 cm³/mol. The van der Waals surface area contributed by atoms with Gasteiger partial charge in [-0.3, -0.25) is 9.89 Å². The Kier molecular flexibility index (Phi) is 5.93. The standard InChI is InChI=1S/C26H22F2N4O5/c1-34-4-5-36-23-9-22-18(7-20(23)28)25(30-29-22)24-8-21(31-37-24)14-2-3-17(19(27)6-14)26(33)32-10-15-12-35-13-16(15)11-32/h2-3,6-10,16H,4-5,11-13H2,1H3,(H,29,30). The van der Waals surface area contributed by atoms with Gasteiger partial charge >= 0.3 is 0 Å². The number of fused-ring (bicyclic) bond motifs is 2. The molecule has 9 nitrogen and oxygen atoms in total. The van der Waals surface area contributed by atoms with Crippen molar-refractivity contribution in [3.8, 4) is 28.5 Å². The minimum absolute atomic E-state index is 0.0255. The van der Waals surface area contributed by atoms with Gasteiger partial charge in [-0.25, -0.2) is 8.78 Å². The van der Waals surface area contributed by atoms with Crippen molar-refractivity contribution in [2.24, 2.45) is 5.92 Å². The topological polar surface area (TPSA) is 103 Å². The molecule has 1 N–H and O–H groups in total. The number of aromatic amines is 1. The number of nitrogens with zero attached hydrogens (tertiary/aromatic N) is 3. The van der Waals surface area contributed by atoms with Gasteiger partial charge in [-0.05, 0) is 23.8 Å². The molecule has 11 heteroatoms. The predicted octanol–water partition coefficient (Wildman–Crippen LogP) is 4.17. The van der Waals surface area contributed by atoms with Crippen LogP contribution in [-0.4, -0.2) is 66.2 Å². The summed E-state index contributed by atoms with van der Waals surface area (Å²) in [6.45, 7) is 2.10. The van der Waals surface area contributed by atoms with Gasteiger partial charge in [-0.2, -0.15) is 5.10 Å². The van der Waals surface area contributed by atoms with E-state index >= 15 is 0 Å². The maximum Gasteiger partial charge on any atom is 0.260 e. The lowest BCUT2D eigenvalue weighted by Gasteiger charge is -2.16. The zero-order valence-electron chi connectivity index (χ0n) is 19.8. The van der Waals surface area contributed by atoms with Crippen molar-refractivity contribution < 1.29 is 32.3 Å². The first-order valence-electron chi connectivity index (χ1n) is 11.7. The van der Waals surface area contributed by atoms with Crippen LogP contribution < -0.4 is 4.74 Å². The van der Waals surface area contributed by atoms with Gasteiger partial charge in [0.25, 0.3) is 5.91 Å². The Morgan fingerprint density at radius 1 is 1.19 bits per heavy atom. The second-order valence-corrected chi connectivity index (χ2v) is 8.89. The van der Waals surface area contributed by atoms with Gasteiger partial charge in [0, 0.05) is 48.9 Å². The molecule has 4 aromatic rings. The molecule has 1 saturated heterocycles. The lowest BCUT2D eigenvalue weighted by atomic mass is 10.1. The normalized spacial score (nSPS) is 16.9. The van der Waals surface area contributed by atoms with E-state index in [0.717, 1.165) is 5.57 Å². The van der Waals surface area contributed by atoms with Crippen LogP contribution in [0.5, 0.6) is 5.75 Å². The van der Waals surface area contributed by atoms with Crippen molar-refractivity contribution >= 4 is 16.8 Å². The molecular weight excluding hydrogens is 486 g/mol. The number of H-pyrrole nitrogens is 1. The zero-order valence-corrected chi connectivity index (χ0v) is 19.8. The molecule has 2 aromatic heterocycles. The van der Waals surface area contributed by atoms with Crippen molar-refractivity contribution in [3.63, 3.8) is 0 Å². The lowest BCUT2D eigenvalue weighted by Crippen LogP contribution is -2.27. The second-order valence-electron chi connectivity index (χ2n) is 8.89. The summed E-state index contributed by atoms with van der Waals surface area (Å²) in [6, 6.07) is 8.68. The fourth-order valence-corrected chi connectivity index (χ4v) is 4.57. The highest BCUT2D eigenvalue weighted by Gasteiger charge is 2.33. The number of carbonyl (C=O) groups excluding carboxylic acids is 1. The number of amides is 1. The first kappa shape index (κ1) is 23.3. The molecule has 190 valence electrons. The van der Waals surface area contributed by atoms with Crippen LogP contribution in [0.1, 0.15) is 10.4 Å². The number of aromatic nitrogens is 3. The molecule has 1 amide bonds. The van der Waals surface area contributed by atoms with Gasteiger partial charge in [0.05, 0.1) is 30.9 Å². The maximum absolute atomic E-state index is 15.0. The van der Waals surface area contributed by atoms with Crippen LogP contribution in [0.4, 0.5) is 8.78 Å². The van der Waals surface area contributed by atoms with Gasteiger partial charge in [0.2, 0.25) is 0 Å². The van der Waals surface area contributed by atoms with Crippen molar-refractivity contribution in [2.45, 2.75) is 0 Å². The van der Waals surface area contributed by atoms with Gasteiger partial charge in [-0.15, -0.1) is 0 Å². The van der Waals surface area contributed by atoms with Crippen LogP contribution in [0.2, 0.25) is 0 Å². The number of benzene rings is 2. The number of methoxy groups -OCH3 is 1. The van der Waals surface area contributed by atoms with Gasteiger partial charge in [0.15, 0.2) is 17.3 Å². The number of hydrogen-bond donors (Lipinski definition) is 1. The summed E-state index contributed by atoms with van der Waals surface area (Å²) in [4.78, 5) is 14.4. The van der Waals surface area contributed by atoms with Gasteiger partial charge < -0.3 is 23.6 Å². The molecule has 4 heterocycles. The highest BCUT2D eigenvalue weighted by atomic mass is 19.1. The monoisotopic (exact) mass is 508 g/mol. The number of ether oxygens (including phenoxy) is 3. The van der Waals surface area contributed by atoms with Gasteiger partial charge in [-0.1, -0.05) is 11.2 Å². The van der Waals surface area contributed by atoms with Crippen molar-refractivity contribution in [1.29, 1.82) is 0 Å². The highest BCUT2D eigenvalue weighted by Crippen LogP contribution is 2.34. The van der Waals surface area contributed by atoms with Crippen molar-refractivity contribution in [1.82, 2.24) is 20.3 Å². The number of rotatable bonds is 7. The van der Waals surface area contributed by atoms with Crippen LogP contribution in [-0.2, 0) is 9.47 Å². The molecule has 0 bridgehead atoms. The Bertz CT molecular complexity index is 1530. The molecule has 0 aliphatic carbocycles. The Morgan fingerprint density at radius 2 is 2.08 bits per heavy atom. The summed E-state index contributed by atoms with van der Waals surface area (Å²) in [5, 5.41) is 11.6. The summed E-state index contributed by atoms with van der Waals surface area (Å²) in [5.74, 6) is -1.09. The lowest BCUT2D eigenvalue weighted by molar-refractivity contribution is 0.0806. The fraction of sp³-hybridized carbons (Fsp3) is 0.269. The SMILES string of the molecule is COCCOc1cc2[nH]nc(-c3cc(-c4ccc(C(=O)N5C=C6COCC6C5)c(F)c4)no3)c2cc1F. The quantitative estimate of drug-likeness (QED) is 0.374. The van der Waals surface area contributed by atoms with Crippen LogP contribution in [0.15, 0.2) is 52.7 Å². The molecule has 1 atom stereocenters. The molecular formula is C26H22F2N4O5. The third-order valence-electron chi connectivity index (χ3n) is 6.51. The van der Waals surface area contributed by atoms with Crippen LogP contribution in [0.3, 0.4) is 0 Å². The Hall–Kier alpha value is -4.09. The van der Waals surface area contributed by atoms with E-state index in [0.29, 0.717) is 54.2 Å². The van der Waals surface area contributed by atoms with E-state index in [4.69, 9.17) is 18.7 Å². The smallest absolute Gasteiger partial charge is 0.260 e. The first-order valence-corrected chi connectivity index (χ1v) is 11.7. The van der Waals surface area contributed by atoms with E-state index in [1.807, 2.05) is 0 Å². The van der Waals surface area contributed by atoms with Crippen molar-refractivity contribution in [3.05, 3.63) is 65.4 Å². The summed E-state index contributed by atoms with van der Waals surface area (Å²) in [6.07, 6.45) is 1.75. The minimum atomic E-state index is -0.660. The molecule has 2 aliphatic rings. The van der Waals surface area contributed by atoms with E-state index in [1.165, 1.54) is 36.3 Å². The van der Waals surface area contributed by atoms with E-state index in [9.17, 15) is 13.6 Å². The van der Waals surface area contributed by atoms with Crippen LogP contribution in [0.25, 0.3) is 33.6 Å². The molecule has 6 rings (SSSR count). The maximum atomic E-state index is 15.0. The summed E-state index contributed by atoms with van der Waals surface area (Å²) in [5.41, 5.74) is 2.69. The molecule has 37 heavy (non-hydrogen) atoms. The molecule has 0 spiro atoms. The Balaban J connectivity index is 1.23. The largest absolute Gasteiger partial charge is 0.488 e. The average molecular weight is 508 g/mol. The number of carbonyl (C=O) groups is 1. The number of halogens is 2. The minimum Gasteiger partial charge on any atom is -0.488 e.